The Labute approximate surface area is 109 Å². The lowest BCUT2D eigenvalue weighted by atomic mass is 9.64. The molecule has 1 atom stereocenters. The first kappa shape index (κ1) is 10.0. The van der Waals surface area contributed by atoms with Crippen LogP contribution in [-0.2, 0) is 12.0 Å². The average Bonchev–Trinajstić information content (AvgIpc) is 3.25. The van der Waals surface area contributed by atoms with Gasteiger partial charge in [-0.3, -0.25) is 0 Å². The van der Waals surface area contributed by atoms with Gasteiger partial charge in [0.05, 0.1) is 0 Å². The predicted octanol–water partition coefficient (Wildman–Crippen LogP) is 3.48. The second kappa shape index (κ2) is 3.01. The van der Waals surface area contributed by atoms with Gasteiger partial charge >= 0.3 is 0 Å². The van der Waals surface area contributed by atoms with Gasteiger partial charge in [-0.25, -0.2) is 0 Å². The predicted molar refractivity (Wildman–Crippen MR) is 72.7 cm³/mol. The fourth-order valence-corrected chi connectivity index (χ4v) is 5.23. The summed E-state index contributed by atoms with van der Waals surface area (Å²) >= 11 is 0. The highest BCUT2D eigenvalue weighted by molar-refractivity contribution is 5.52. The van der Waals surface area contributed by atoms with Crippen molar-refractivity contribution in [2.24, 2.45) is 5.41 Å². The maximum atomic E-state index is 3.62. The van der Waals surface area contributed by atoms with Gasteiger partial charge in [0, 0.05) is 12.0 Å². The van der Waals surface area contributed by atoms with Crippen LogP contribution in [0.25, 0.3) is 0 Å². The molecule has 2 saturated carbocycles. The van der Waals surface area contributed by atoms with E-state index in [1.807, 2.05) is 0 Å². The summed E-state index contributed by atoms with van der Waals surface area (Å²) in [6, 6.07) is 7.16. The van der Waals surface area contributed by atoms with Crippen LogP contribution < -0.4 is 5.32 Å². The average molecular weight is 239 g/mol. The van der Waals surface area contributed by atoms with Crippen molar-refractivity contribution in [2.75, 3.05) is 6.54 Å². The SMILES string of the molecule is c1cc2c3c(c1)C1(CC1)C1(CC1)CC3CCNC2. The molecule has 1 aromatic carbocycles. The van der Waals surface area contributed by atoms with Crippen LogP contribution in [0.3, 0.4) is 0 Å². The fourth-order valence-electron chi connectivity index (χ4n) is 5.23. The summed E-state index contributed by atoms with van der Waals surface area (Å²) in [6.45, 7) is 2.31. The summed E-state index contributed by atoms with van der Waals surface area (Å²) in [7, 11) is 0. The molecule has 0 saturated heterocycles. The lowest BCUT2D eigenvalue weighted by molar-refractivity contribution is 0.286. The first-order chi connectivity index (χ1) is 8.85. The highest BCUT2D eigenvalue weighted by Gasteiger charge is 2.68. The minimum Gasteiger partial charge on any atom is -0.313 e. The Balaban J connectivity index is 1.77. The Hall–Kier alpha value is -0.820. The molecule has 0 aromatic heterocycles. The Morgan fingerprint density at radius 3 is 2.78 bits per heavy atom. The molecule has 1 aromatic rings. The Morgan fingerprint density at radius 2 is 2.00 bits per heavy atom. The van der Waals surface area contributed by atoms with Crippen LogP contribution in [-0.4, -0.2) is 6.54 Å². The van der Waals surface area contributed by atoms with Gasteiger partial charge in [0.25, 0.3) is 0 Å². The second-order valence-electron chi connectivity index (χ2n) is 7.11. The van der Waals surface area contributed by atoms with Gasteiger partial charge < -0.3 is 5.32 Å². The molecule has 0 bridgehead atoms. The molecule has 1 heteroatoms. The van der Waals surface area contributed by atoms with Gasteiger partial charge in [-0.2, -0.15) is 0 Å². The van der Waals surface area contributed by atoms with Crippen molar-refractivity contribution in [3.8, 4) is 0 Å². The molecule has 1 aliphatic heterocycles. The maximum Gasteiger partial charge on any atom is 0.0208 e. The van der Waals surface area contributed by atoms with E-state index in [2.05, 4.69) is 23.5 Å². The van der Waals surface area contributed by atoms with Crippen LogP contribution in [0, 0.1) is 5.41 Å². The molecule has 0 amide bonds. The minimum absolute atomic E-state index is 0.638. The molecule has 1 N–H and O–H groups in total. The number of nitrogens with one attached hydrogen (secondary N) is 1. The molecular formula is C17H21N. The van der Waals surface area contributed by atoms with Crippen molar-refractivity contribution < 1.29 is 0 Å². The third kappa shape index (κ3) is 1.04. The van der Waals surface area contributed by atoms with Crippen LogP contribution in [0.5, 0.6) is 0 Å². The molecule has 4 aliphatic rings. The first-order valence-electron chi connectivity index (χ1n) is 7.68. The molecule has 3 aliphatic carbocycles. The van der Waals surface area contributed by atoms with E-state index in [4.69, 9.17) is 0 Å². The van der Waals surface area contributed by atoms with E-state index in [0.29, 0.717) is 5.41 Å². The van der Waals surface area contributed by atoms with Gasteiger partial charge in [0.15, 0.2) is 0 Å². The summed E-state index contributed by atoms with van der Waals surface area (Å²) in [5, 5.41) is 3.62. The molecule has 1 heterocycles. The van der Waals surface area contributed by atoms with Gasteiger partial charge in [-0.1, -0.05) is 18.2 Å². The lowest BCUT2D eigenvalue weighted by Gasteiger charge is -2.40. The number of rotatable bonds is 0. The summed E-state index contributed by atoms with van der Waals surface area (Å²) in [6.07, 6.45) is 8.84. The van der Waals surface area contributed by atoms with Crippen molar-refractivity contribution in [1.82, 2.24) is 5.32 Å². The molecule has 1 unspecified atom stereocenters. The number of hydrogen-bond acceptors (Lipinski definition) is 1. The molecule has 94 valence electrons. The van der Waals surface area contributed by atoms with Crippen molar-refractivity contribution >= 4 is 0 Å². The van der Waals surface area contributed by atoms with Gasteiger partial charge in [0.2, 0.25) is 0 Å². The highest BCUT2D eigenvalue weighted by Crippen LogP contribution is 2.76. The Bertz CT molecular complexity index is 522. The zero-order chi connectivity index (χ0) is 11.8. The molecular weight excluding hydrogens is 218 g/mol. The van der Waals surface area contributed by atoms with Crippen molar-refractivity contribution in [3.63, 3.8) is 0 Å². The van der Waals surface area contributed by atoms with Crippen LogP contribution in [0.15, 0.2) is 18.2 Å². The quantitative estimate of drug-likeness (QED) is 0.731. The summed E-state index contributed by atoms with van der Waals surface area (Å²) in [4.78, 5) is 0. The molecule has 2 spiro atoms. The Kier molecular flexibility index (Phi) is 1.68. The summed E-state index contributed by atoms with van der Waals surface area (Å²) < 4.78 is 0. The van der Waals surface area contributed by atoms with Gasteiger partial charge in [-0.15, -0.1) is 0 Å². The van der Waals surface area contributed by atoms with E-state index < -0.39 is 0 Å². The molecule has 5 rings (SSSR count). The second-order valence-corrected chi connectivity index (χ2v) is 7.11. The number of fused-ring (bicyclic) bond motifs is 2. The van der Waals surface area contributed by atoms with E-state index >= 15 is 0 Å². The number of benzene rings is 1. The third-order valence-electron chi connectivity index (χ3n) is 6.36. The standard InChI is InChI=1S/C17H21N/c1-2-13-11-18-9-4-12-10-16(5-6-16)17(7-8-17)14(3-1)15(12)13/h1-3,12,18H,4-11H2. The third-order valence-corrected chi connectivity index (χ3v) is 6.36. The maximum absolute atomic E-state index is 3.62. The van der Waals surface area contributed by atoms with E-state index in [1.54, 1.807) is 16.7 Å². The monoisotopic (exact) mass is 239 g/mol. The van der Waals surface area contributed by atoms with Crippen molar-refractivity contribution in [1.29, 1.82) is 0 Å². The van der Waals surface area contributed by atoms with Crippen LogP contribution in [0.4, 0.5) is 0 Å². The zero-order valence-electron chi connectivity index (χ0n) is 11.0. The number of hydrogen-bond donors (Lipinski definition) is 1. The summed E-state index contributed by atoms with van der Waals surface area (Å²) in [5.41, 5.74) is 6.54. The van der Waals surface area contributed by atoms with Crippen molar-refractivity contribution in [3.05, 3.63) is 34.9 Å². The molecule has 1 nitrogen and oxygen atoms in total. The van der Waals surface area contributed by atoms with E-state index in [-0.39, 0.29) is 0 Å². The van der Waals surface area contributed by atoms with E-state index in [1.165, 1.54) is 45.1 Å². The normalized spacial score (nSPS) is 33.0. The fraction of sp³-hybridized carbons (Fsp3) is 0.647. The largest absolute Gasteiger partial charge is 0.313 e. The zero-order valence-corrected chi connectivity index (χ0v) is 11.0. The topological polar surface area (TPSA) is 12.0 Å². The minimum atomic E-state index is 0.638. The molecule has 18 heavy (non-hydrogen) atoms. The van der Waals surface area contributed by atoms with E-state index in [9.17, 15) is 0 Å². The Morgan fingerprint density at radius 1 is 1.11 bits per heavy atom. The lowest BCUT2D eigenvalue weighted by Crippen LogP contribution is -2.32. The first-order valence-corrected chi connectivity index (χ1v) is 7.68. The molecule has 0 radical (unpaired) electrons. The van der Waals surface area contributed by atoms with Crippen molar-refractivity contribution in [2.45, 2.75) is 56.4 Å². The van der Waals surface area contributed by atoms with Gasteiger partial charge in [0.1, 0.15) is 0 Å². The van der Waals surface area contributed by atoms with Crippen LogP contribution in [0.1, 0.15) is 61.1 Å². The van der Waals surface area contributed by atoms with Gasteiger partial charge in [-0.05, 0) is 73.1 Å². The smallest absolute Gasteiger partial charge is 0.0208 e. The van der Waals surface area contributed by atoms with Crippen LogP contribution in [0.2, 0.25) is 0 Å². The van der Waals surface area contributed by atoms with E-state index in [0.717, 1.165) is 17.9 Å². The highest BCUT2D eigenvalue weighted by atomic mass is 14.9. The van der Waals surface area contributed by atoms with Crippen LogP contribution >= 0.6 is 0 Å². The molecule has 2 fully saturated rings. The summed E-state index contributed by atoms with van der Waals surface area (Å²) in [5.74, 6) is 0.861.